The number of imidazole rings is 1. The van der Waals surface area contributed by atoms with Crippen LogP contribution in [-0.4, -0.2) is 19.3 Å². The molecule has 0 unspecified atom stereocenters. The molecule has 5 heteroatoms. The molecule has 2 aromatic heterocycles. The largest absolute Gasteiger partial charge is 0.334 e. The van der Waals surface area contributed by atoms with E-state index in [1.165, 1.54) is 24.1 Å². The van der Waals surface area contributed by atoms with Gasteiger partial charge in [-0.25, -0.2) is 4.98 Å². The summed E-state index contributed by atoms with van der Waals surface area (Å²) in [5.41, 5.74) is 2.82. The molecule has 1 atom stereocenters. The van der Waals surface area contributed by atoms with E-state index in [-0.39, 0.29) is 5.54 Å². The lowest BCUT2D eigenvalue weighted by atomic mass is 9.92. The Kier molecular flexibility index (Phi) is 4.08. The van der Waals surface area contributed by atoms with E-state index in [0.29, 0.717) is 6.04 Å². The van der Waals surface area contributed by atoms with Crippen molar-refractivity contribution < 1.29 is 0 Å². The fourth-order valence-electron chi connectivity index (χ4n) is 3.36. The van der Waals surface area contributed by atoms with Crippen LogP contribution in [0.25, 0.3) is 0 Å². The zero-order chi connectivity index (χ0) is 15.7. The van der Waals surface area contributed by atoms with Crippen molar-refractivity contribution >= 4 is 0 Å². The Balaban J connectivity index is 1.77. The zero-order valence-electron chi connectivity index (χ0n) is 14.1. The van der Waals surface area contributed by atoms with E-state index >= 15 is 0 Å². The summed E-state index contributed by atoms with van der Waals surface area (Å²) in [6.45, 7) is 10.6. The van der Waals surface area contributed by atoms with Gasteiger partial charge in [-0.2, -0.15) is 5.10 Å². The molecule has 0 amide bonds. The number of rotatable bonds is 4. The molecule has 3 rings (SSSR count). The Labute approximate surface area is 132 Å². The predicted octanol–water partition coefficient (Wildman–Crippen LogP) is 3.02. The molecule has 5 nitrogen and oxygen atoms in total. The number of aryl methyl sites for hydroxylation is 1. The number of nitrogens with zero attached hydrogens (tertiary/aromatic N) is 4. The van der Waals surface area contributed by atoms with E-state index in [4.69, 9.17) is 0 Å². The smallest absolute Gasteiger partial charge is 0.122 e. The average molecular weight is 301 g/mol. The molecule has 22 heavy (non-hydrogen) atoms. The summed E-state index contributed by atoms with van der Waals surface area (Å²) in [5.74, 6) is 1.11. The lowest BCUT2D eigenvalue weighted by Crippen LogP contribution is -2.29. The molecule has 0 saturated carbocycles. The van der Waals surface area contributed by atoms with Crippen molar-refractivity contribution in [1.29, 1.82) is 0 Å². The molecule has 1 aliphatic rings. The quantitative estimate of drug-likeness (QED) is 0.944. The zero-order valence-corrected chi connectivity index (χ0v) is 14.1. The first kappa shape index (κ1) is 15.3. The van der Waals surface area contributed by atoms with E-state index < -0.39 is 0 Å². The third kappa shape index (κ3) is 2.82. The van der Waals surface area contributed by atoms with Gasteiger partial charge in [0, 0.05) is 36.2 Å². The number of hydrogen-bond donors (Lipinski definition) is 1. The minimum absolute atomic E-state index is 0.0495. The van der Waals surface area contributed by atoms with Gasteiger partial charge in [0.15, 0.2) is 0 Å². The fourth-order valence-corrected chi connectivity index (χ4v) is 3.36. The van der Waals surface area contributed by atoms with Crippen LogP contribution in [0.3, 0.4) is 0 Å². The van der Waals surface area contributed by atoms with Crippen LogP contribution in [0.15, 0.2) is 18.6 Å². The average Bonchev–Trinajstić information content (AvgIpc) is 3.10. The fraction of sp³-hybridized carbons (Fsp3) is 0.647. The number of hydrogen-bond acceptors (Lipinski definition) is 3. The van der Waals surface area contributed by atoms with Gasteiger partial charge in [0.25, 0.3) is 0 Å². The van der Waals surface area contributed by atoms with Crippen LogP contribution in [0.2, 0.25) is 0 Å². The van der Waals surface area contributed by atoms with E-state index in [0.717, 1.165) is 25.3 Å². The normalized spacial score (nSPS) is 18.5. The minimum atomic E-state index is 0.0495. The van der Waals surface area contributed by atoms with Gasteiger partial charge >= 0.3 is 0 Å². The summed E-state index contributed by atoms with van der Waals surface area (Å²) in [6.07, 6.45) is 9.51. The molecule has 120 valence electrons. The van der Waals surface area contributed by atoms with Gasteiger partial charge in [-0.1, -0.05) is 0 Å². The maximum absolute atomic E-state index is 4.65. The summed E-state index contributed by atoms with van der Waals surface area (Å²) in [6, 6.07) is 0.391. The van der Waals surface area contributed by atoms with Crippen LogP contribution >= 0.6 is 0 Å². The van der Waals surface area contributed by atoms with Crippen molar-refractivity contribution in [1.82, 2.24) is 24.6 Å². The van der Waals surface area contributed by atoms with Crippen molar-refractivity contribution in [3.05, 3.63) is 35.7 Å². The lowest BCUT2D eigenvalue weighted by molar-refractivity contribution is 0.334. The van der Waals surface area contributed by atoms with Crippen LogP contribution in [0.1, 0.15) is 63.7 Å². The van der Waals surface area contributed by atoms with Crippen molar-refractivity contribution in [2.75, 3.05) is 0 Å². The maximum atomic E-state index is 4.65. The monoisotopic (exact) mass is 301 g/mol. The molecule has 1 N–H and O–H groups in total. The summed E-state index contributed by atoms with van der Waals surface area (Å²) in [7, 11) is 0. The standard InChI is InChI=1S/C17H27N5/c1-5-21-10-9-18-16(21)12-19-14-7-6-8-15-13(14)11-20-22(15)17(2,3)4/h9-11,14,19H,5-8,12H2,1-4H3/t14-/m1/s1. The number of nitrogens with one attached hydrogen (secondary N) is 1. The molecule has 1 aliphatic carbocycles. The summed E-state index contributed by atoms with van der Waals surface area (Å²) in [4.78, 5) is 4.45. The molecule has 0 aromatic carbocycles. The number of fused-ring (bicyclic) bond motifs is 1. The molecule has 0 fully saturated rings. The Bertz CT molecular complexity index is 632. The predicted molar refractivity (Wildman–Crippen MR) is 87.6 cm³/mol. The molecule has 2 heterocycles. The second-order valence-corrected chi connectivity index (χ2v) is 7.08. The highest BCUT2D eigenvalue weighted by Crippen LogP contribution is 2.32. The Morgan fingerprint density at radius 2 is 2.18 bits per heavy atom. The highest BCUT2D eigenvalue weighted by molar-refractivity contribution is 5.26. The number of aromatic nitrogens is 4. The van der Waals surface area contributed by atoms with Crippen molar-refractivity contribution in [2.24, 2.45) is 0 Å². The van der Waals surface area contributed by atoms with Crippen LogP contribution in [0.5, 0.6) is 0 Å². The van der Waals surface area contributed by atoms with E-state index in [1.807, 2.05) is 12.4 Å². The molecule has 0 spiro atoms. The first-order chi connectivity index (χ1) is 10.5. The first-order valence-corrected chi connectivity index (χ1v) is 8.31. The SMILES string of the molecule is CCn1ccnc1CN[C@@H]1CCCc2c1cnn2C(C)(C)C. The molecule has 2 aromatic rings. The first-order valence-electron chi connectivity index (χ1n) is 8.31. The van der Waals surface area contributed by atoms with Gasteiger partial charge in [0.2, 0.25) is 0 Å². The topological polar surface area (TPSA) is 47.7 Å². The van der Waals surface area contributed by atoms with Gasteiger partial charge < -0.3 is 9.88 Å². The molecule has 0 bridgehead atoms. The van der Waals surface area contributed by atoms with Crippen molar-refractivity contribution in [3.8, 4) is 0 Å². The summed E-state index contributed by atoms with van der Waals surface area (Å²) >= 11 is 0. The minimum Gasteiger partial charge on any atom is -0.334 e. The van der Waals surface area contributed by atoms with Crippen LogP contribution < -0.4 is 5.32 Å². The van der Waals surface area contributed by atoms with E-state index in [9.17, 15) is 0 Å². The Morgan fingerprint density at radius 3 is 2.91 bits per heavy atom. The van der Waals surface area contributed by atoms with E-state index in [2.05, 4.69) is 58.5 Å². The van der Waals surface area contributed by atoms with E-state index in [1.54, 1.807) is 0 Å². The van der Waals surface area contributed by atoms with Crippen LogP contribution in [0, 0.1) is 0 Å². The Hall–Kier alpha value is -1.62. The summed E-state index contributed by atoms with van der Waals surface area (Å²) in [5, 5.41) is 8.34. The highest BCUT2D eigenvalue weighted by atomic mass is 15.3. The molecular weight excluding hydrogens is 274 g/mol. The summed E-state index contributed by atoms with van der Waals surface area (Å²) < 4.78 is 4.39. The van der Waals surface area contributed by atoms with Gasteiger partial charge in [-0.05, 0) is 47.0 Å². The molecule has 0 saturated heterocycles. The third-order valence-electron chi connectivity index (χ3n) is 4.47. The maximum Gasteiger partial charge on any atom is 0.122 e. The second-order valence-electron chi connectivity index (χ2n) is 7.08. The third-order valence-corrected chi connectivity index (χ3v) is 4.47. The highest BCUT2D eigenvalue weighted by Gasteiger charge is 2.27. The van der Waals surface area contributed by atoms with Crippen molar-refractivity contribution in [3.63, 3.8) is 0 Å². The van der Waals surface area contributed by atoms with Crippen LogP contribution in [0.4, 0.5) is 0 Å². The molecular formula is C17H27N5. The lowest BCUT2D eigenvalue weighted by Gasteiger charge is -2.28. The second kappa shape index (κ2) is 5.88. The van der Waals surface area contributed by atoms with Crippen LogP contribution in [-0.2, 0) is 25.0 Å². The van der Waals surface area contributed by atoms with Gasteiger partial charge in [-0.15, -0.1) is 0 Å². The van der Waals surface area contributed by atoms with Gasteiger partial charge in [-0.3, -0.25) is 4.68 Å². The molecule has 0 radical (unpaired) electrons. The molecule has 0 aliphatic heterocycles. The van der Waals surface area contributed by atoms with Gasteiger partial charge in [0.1, 0.15) is 5.82 Å². The van der Waals surface area contributed by atoms with Crippen molar-refractivity contribution in [2.45, 2.75) is 71.6 Å². The Morgan fingerprint density at radius 1 is 1.36 bits per heavy atom. The van der Waals surface area contributed by atoms with Gasteiger partial charge in [0.05, 0.1) is 18.3 Å².